The van der Waals surface area contributed by atoms with Crippen molar-refractivity contribution in [1.29, 1.82) is 0 Å². The standard InChI is InChI=1S/C8H17NO2/c10-4-3-9-7-8-1-5-11-6-2-8/h8-10H,1-7H2. The average Bonchev–Trinajstić information content (AvgIpc) is 2.07. The summed E-state index contributed by atoms with van der Waals surface area (Å²) in [6.45, 7) is 3.81. The molecule has 0 spiro atoms. The van der Waals surface area contributed by atoms with Crippen molar-refractivity contribution in [3.63, 3.8) is 0 Å². The van der Waals surface area contributed by atoms with E-state index >= 15 is 0 Å². The molecule has 0 unspecified atom stereocenters. The highest BCUT2D eigenvalue weighted by molar-refractivity contribution is 4.65. The number of ether oxygens (including phenoxy) is 1. The Kier molecular flexibility index (Phi) is 4.50. The highest BCUT2D eigenvalue weighted by atomic mass is 16.5. The molecule has 0 aromatic rings. The molecule has 3 heteroatoms. The van der Waals surface area contributed by atoms with E-state index in [0.29, 0.717) is 0 Å². The Labute approximate surface area is 67.7 Å². The molecular formula is C8H17NO2. The zero-order chi connectivity index (χ0) is 7.94. The zero-order valence-electron chi connectivity index (χ0n) is 6.88. The number of hydrogen-bond acceptors (Lipinski definition) is 3. The van der Waals surface area contributed by atoms with E-state index in [0.717, 1.165) is 32.2 Å². The van der Waals surface area contributed by atoms with Gasteiger partial charge >= 0.3 is 0 Å². The summed E-state index contributed by atoms with van der Waals surface area (Å²) >= 11 is 0. The normalized spacial score (nSPS) is 20.5. The van der Waals surface area contributed by atoms with Gasteiger partial charge in [-0.05, 0) is 25.3 Å². The van der Waals surface area contributed by atoms with E-state index in [9.17, 15) is 0 Å². The van der Waals surface area contributed by atoms with E-state index in [1.165, 1.54) is 12.8 Å². The Bertz CT molecular complexity index is 92.1. The monoisotopic (exact) mass is 159 g/mol. The van der Waals surface area contributed by atoms with Gasteiger partial charge in [-0.3, -0.25) is 0 Å². The Balaban J connectivity index is 1.96. The summed E-state index contributed by atoms with van der Waals surface area (Å²) in [5.41, 5.74) is 0. The molecule has 1 heterocycles. The zero-order valence-corrected chi connectivity index (χ0v) is 6.88. The molecule has 1 saturated heterocycles. The first-order valence-corrected chi connectivity index (χ1v) is 4.33. The van der Waals surface area contributed by atoms with Gasteiger partial charge in [0, 0.05) is 19.8 Å². The fourth-order valence-electron chi connectivity index (χ4n) is 1.34. The topological polar surface area (TPSA) is 41.5 Å². The van der Waals surface area contributed by atoms with Gasteiger partial charge in [0.25, 0.3) is 0 Å². The molecule has 11 heavy (non-hydrogen) atoms. The Morgan fingerprint density at radius 1 is 1.36 bits per heavy atom. The van der Waals surface area contributed by atoms with Crippen LogP contribution in [0.1, 0.15) is 12.8 Å². The summed E-state index contributed by atoms with van der Waals surface area (Å²) in [6, 6.07) is 0. The van der Waals surface area contributed by atoms with Gasteiger partial charge in [0.05, 0.1) is 6.61 Å². The van der Waals surface area contributed by atoms with Crippen molar-refractivity contribution in [2.45, 2.75) is 12.8 Å². The minimum Gasteiger partial charge on any atom is -0.395 e. The van der Waals surface area contributed by atoms with Gasteiger partial charge < -0.3 is 15.2 Å². The maximum absolute atomic E-state index is 8.51. The van der Waals surface area contributed by atoms with E-state index < -0.39 is 0 Å². The fraction of sp³-hybridized carbons (Fsp3) is 1.00. The summed E-state index contributed by atoms with van der Waals surface area (Å²) in [5, 5.41) is 11.7. The van der Waals surface area contributed by atoms with Gasteiger partial charge in [-0.1, -0.05) is 0 Å². The van der Waals surface area contributed by atoms with Crippen LogP contribution in [0.15, 0.2) is 0 Å². The summed E-state index contributed by atoms with van der Waals surface area (Å²) < 4.78 is 5.23. The number of aliphatic hydroxyl groups excluding tert-OH is 1. The Hall–Kier alpha value is -0.120. The number of rotatable bonds is 4. The molecule has 1 rings (SSSR count). The molecule has 1 aliphatic rings. The molecule has 3 nitrogen and oxygen atoms in total. The second kappa shape index (κ2) is 5.52. The second-order valence-electron chi connectivity index (χ2n) is 2.98. The first kappa shape index (κ1) is 8.97. The third-order valence-electron chi connectivity index (χ3n) is 2.06. The fourth-order valence-corrected chi connectivity index (χ4v) is 1.34. The van der Waals surface area contributed by atoms with Crippen molar-refractivity contribution >= 4 is 0 Å². The molecule has 2 N–H and O–H groups in total. The Morgan fingerprint density at radius 3 is 2.73 bits per heavy atom. The van der Waals surface area contributed by atoms with Gasteiger partial charge in [0.1, 0.15) is 0 Å². The van der Waals surface area contributed by atoms with Crippen molar-refractivity contribution in [2.24, 2.45) is 5.92 Å². The maximum atomic E-state index is 8.51. The quantitative estimate of drug-likeness (QED) is 0.567. The molecule has 0 atom stereocenters. The van der Waals surface area contributed by atoms with E-state index in [4.69, 9.17) is 9.84 Å². The van der Waals surface area contributed by atoms with E-state index in [2.05, 4.69) is 5.32 Å². The first-order valence-electron chi connectivity index (χ1n) is 4.33. The van der Waals surface area contributed by atoms with E-state index in [-0.39, 0.29) is 6.61 Å². The Morgan fingerprint density at radius 2 is 2.09 bits per heavy atom. The summed E-state index contributed by atoms with van der Waals surface area (Å²) in [5.74, 6) is 0.760. The highest BCUT2D eigenvalue weighted by Crippen LogP contribution is 2.12. The van der Waals surface area contributed by atoms with Crippen LogP contribution in [0.4, 0.5) is 0 Å². The smallest absolute Gasteiger partial charge is 0.0555 e. The molecule has 0 aliphatic carbocycles. The van der Waals surface area contributed by atoms with Crippen LogP contribution in [-0.2, 0) is 4.74 Å². The lowest BCUT2D eigenvalue weighted by atomic mass is 10.0. The molecule has 66 valence electrons. The van der Waals surface area contributed by atoms with Gasteiger partial charge in [0.15, 0.2) is 0 Å². The third-order valence-corrected chi connectivity index (χ3v) is 2.06. The maximum Gasteiger partial charge on any atom is 0.0555 e. The molecule has 1 aliphatic heterocycles. The van der Waals surface area contributed by atoms with Crippen molar-refractivity contribution in [1.82, 2.24) is 5.32 Å². The van der Waals surface area contributed by atoms with E-state index in [1.54, 1.807) is 0 Å². The van der Waals surface area contributed by atoms with Crippen LogP contribution in [-0.4, -0.2) is 38.0 Å². The minimum absolute atomic E-state index is 0.239. The van der Waals surface area contributed by atoms with Gasteiger partial charge in [-0.25, -0.2) is 0 Å². The highest BCUT2D eigenvalue weighted by Gasteiger charge is 2.12. The van der Waals surface area contributed by atoms with Crippen molar-refractivity contribution in [2.75, 3.05) is 32.9 Å². The van der Waals surface area contributed by atoms with Gasteiger partial charge in [-0.2, -0.15) is 0 Å². The van der Waals surface area contributed by atoms with Crippen LogP contribution in [0.3, 0.4) is 0 Å². The number of nitrogens with one attached hydrogen (secondary N) is 1. The van der Waals surface area contributed by atoms with Crippen molar-refractivity contribution in [3.8, 4) is 0 Å². The SMILES string of the molecule is OCCNCC1CCOCC1. The second-order valence-corrected chi connectivity index (χ2v) is 2.98. The van der Waals surface area contributed by atoms with Gasteiger partial charge in [0.2, 0.25) is 0 Å². The van der Waals surface area contributed by atoms with Crippen LogP contribution >= 0.6 is 0 Å². The summed E-state index contributed by atoms with van der Waals surface area (Å²) in [4.78, 5) is 0. The van der Waals surface area contributed by atoms with E-state index in [1.807, 2.05) is 0 Å². The summed E-state index contributed by atoms with van der Waals surface area (Å²) in [7, 11) is 0. The third kappa shape index (κ3) is 3.70. The molecule has 0 radical (unpaired) electrons. The molecule has 0 amide bonds. The molecule has 0 saturated carbocycles. The lowest BCUT2D eigenvalue weighted by Gasteiger charge is -2.21. The summed E-state index contributed by atoms with van der Waals surface area (Å²) in [6.07, 6.45) is 2.33. The number of hydrogen-bond donors (Lipinski definition) is 2. The minimum atomic E-state index is 0.239. The molecule has 0 aromatic carbocycles. The molecule has 0 aromatic heterocycles. The van der Waals surface area contributed by atoms with Crippen LogP contribution in [0, 0.1) is 5.92 Å². The number of aliphatic hydroxyl groups is 1. The largest absolute Gasteiger partial charge is 0.395 e. The lowest BCUT2D eigenvalue weighted by molar-refractivity contribution is 0.0660. The predicted octanol–water partition coefficient (Wildman–Crippen LogP) is -0.00510. The van der Waals surface area contributed by atoms with Crippen LogP contribution in [0.5, 0.6) is 0 Å². The molecular weight excluding hydrogens is 142 g/mol. The van der Waals surface area contributed by atoms with Crippen molar-refractivity contribution < 1.29 is 9.84 Å². The van der Waals surface area contributed by atoms with Crippen LogP contribution in [0.2, 0.25) is 0 Å². The first-order chi connectivity index (χ1) is 5.43. The average molecular weight is 159 g/mol. The van der Waals surface area contributed by atoms with Crippen LogP contribution < -0.4 is 5.32 Å². The van der Waals surface area contributed by atoms with Gasteiger partial charge in [-0.15, -0.1) is 0 Å². The van der Waals surface area contributed by atoms with Crippen molar-refractivity contribution in [3.05, 3.63) is 0 Å². The lowest BCUT2D eigenvalue weighted by Crippen LogP contribution is -2.29. The molecule has 1 fully saturated rings. The van der Waals surface area contributed by atoms with Crippen LogP contribution in [0.25, 0.3) is 0 Å². The predicted molar refractivity (Wildman–Crippen MR) is 43.5 cm³/mol. The molecule has 0 bridgehead atoms.